The minimum atomic E-state index is -1.44. The van der Waals surface area contributed by atoms with Crippen LogP contribution in [0.15, 0.2) is 12.2 Å². The van der Waals surface area contributed by atoms with Crippen LogP contribution in [0.1, 0.15) is 33.6 Å². The molecule has 25 heavy (non-hydrogen) atoms. The van der Waals surface area contributed by atoms with E-state index >= 15 is 0 Å². The van der Waals surface area contributed by atoms with Crippen LogP contribution in [0.2, 0.25) is 0 Å². The number of allylic oxidation sites excluding steroid dienone is 1. The molecule has 4 fully saturated rings. The van der Waals surface area contributed by atoms with Crippen molar-refractivity contribution >= 4 is 23.9 Å². The summed E-state index contributed by atoms with van der Waals surface area (Å²) in [6.07, 6.45) is -3.38. The van der Waals surface area contributed by atoms with Crippen LogP contribution in [0.5, 0.6) is 0 Å². The molecule has 3 aliphatic heterocycles. The normalized spacial score (nSPS) is 46.7. The lowest BCUT2D eigenvalue weighted by Crippen LogP contribution is -2.58. The van der Waals surface area contributed by atoms with Gasteiger partial charge in [-0.2, -0.15) is 0 Å². The standard InChI is InChI=1S/C17H18O8/c1-7(2)15(4)5-9-16(6-10(19)23-9)13(21)25-14-17(15,16)11(12(20)24-14)22-8(3)18/h9,11,14H,1,5-6H2,2-4H3/t9-,11-,14-,15+,16-,17?/m0/s1. The van der Waals surface area contributed by atoms with Gasteiger partial charge >= 0.3 is 23.9 Å². The van der Waals surface area contributed by atoms with Crippen LogP contribution in [0.3, 0.4) is 0 Å². The third kappa shape index (κ3) is 1.46. The Labute approximate surface area is 143 Å². The summed E-state index contributed by atoms with van der Waals surface area (Å²) in [5.41, 5.74) is -3.03. The van der Waals surface area contributed by atoms with Crippen molar-refractivity contribution in [2.24, 2.45) is 16.2 Å². The summed E-state index contributed by atoms with van der Waals surface area (Å²) in [7, 11) is 0. The Bertz CT molecular complexity index is 756. The van der Waals surface area contributed by atoms with E-state index < -0.39 is 58.6 Å². The monoisotopic (exact) mass is 350 g/mol. The highest BCUT2D eigenvalue weighted by Gasteiger charge is 2.91. The predicted octanol–water partition coefficient (Wildman–Crippen LogP) is 0.632. The molecular weight excluding hydrogens is 332 g/mol. The third-order valence-corrected chi connectivity index (χ3v) is 6.52. The van der Waals surface area contributed by atoms with Gasteiger partial charge in [-0.15, -0.1) is 0 Å². The van der Waals surface area contributed by atoms with Gasteiger partial charge < -0.3 is 18.9 Å². The van der Waals surface area contributed by atoms with Crippen molar-refractivity contribution in [1.82, 2.24) is 0 Å². The Morgan fingerprint density at radius 2 is 1.88 bits per heavy atom. The minimum Gasteiger partial charge on any atom is -0.461 e. The second-order valence-electron chi connectivity index (χ2n) is 7.48. The van der Waals surface area contributed by atoms with E-state index in [2.05, 4.69) is 6.58 Å². The molecule has 0 amide bonds. The summed E-state index contributed by atoms with van der Waals surface area (Å²) >= 11 is 0. The molecule has 1 unspecified atom stereocenters. The fourth-order valence-electron chi connectivity index (χ4n) is 5.39. The smallest absolute Gasteiger partial charge is 0.351 e. The van der Waals surface area contributed by atoms with E-state index in [4.69, 9.17) is 18.9 Å². The summed E-state index contributed by atoms with van der Waals surface area (Å²) in [5.74, 6) is -2.70. The van der Waals surface area contributed by atoms with Crippen LogP contribution in [-0.4, -0.2) is 42.4 Å². The molecule has 0 radical (unpaired) electrons. The summed E-state index contributed by atoms with van der Waals surface area (Å²) in [6, 6.07) is 0. The fourth-order valence-corrected chi connectivity index (χ4v) is 5.39. The topological polar surface area (TPSA) is 105 Å². The van der Waals surface area contributed by atoms with Crippen molar-refractivity contribution < 1.29 is 38.1 Å². The first-order valence-corrected chi connectivity index (χ1v) is 8.05. The lowest BCUT2D eigenvalue weighted by atomic mass is 9.52. The van der Waals surface area contributed by atoms with Gasteiger partial charge in [0.2, 0.25) is 6.10 Å². The molecule has 1 saturated carbocycles. The zero-order chi connectivity index (χ0) is 18.4. The van der Waals surface area contributed by atoms with E-state index in [0.29, 0.717) is 5.57 Å². The van der Waals surface area contributed by atoms with Crippen LogP contribution >= 0.6 is 0 Å². The molecule has 8 heteroatoms. The zero-order valence-electron chi connectivity index (χ0n) is 14.1. The predicted molar refractivity (Wildman–Crippen MR) is 78.4 cm³/mol. The Balaban J connectivity index is 2.03. The van der Waals surface area contributed by atoms with E-state index in [-0.39, 0.29) is 12.8 Å². The molecular formula is C17H18O8. The van der Waals surface area contributed by atoms with Gasteiger partial charge in [0.05, 0.1) is 6.42 Å². The maximum absolute atomic E-state index is 12.8. The summed E-state index contributed by atoms with van der Waals surface area (Å²) in [4.78, 5) is 49.0. The number of esters is 4. The van der Waals surface area contributed by atoms with Gasteiger partial charge in [0.15, 0.2) is 0 Å². The zero-order valence-corrected chi connectivity index (χ0v) is 14.1. The Hall–Kier alpha value is -2.38. The van der Waals surface area contributed by atoms with Crippen molar-refractivity contribution in [3.8, 4) is 0 Å². The molecule has 1 aliphatic carbocycles. The molecule has 2 spiro atoms. The highest BCUT2D eigenvalue weighted by Crippen LogP contribution is 2.77. The molecule has 0 aromatic rings. The number of hydrogen-bond acceptors (Lipinski definition) is 8. The molecule has 134 valence electrons. The Morgan fingerprint density at radius 3 is 2.48 bits per heavy atom. The van der Waals surface area contributed by atoms with Crippen LogP contribution in [-0.2, 0) is 38.1 Å². The van der Waals surface area contributed by atoms with E-state index in [9.17, 15) is 19.2 Å². The molecule has 3 heterocycles. The maximum Gasteiger partial charge on any atom is 0.351 e. The SMILES string of the molecule is C=C(C)[C@@]1(C)C[C@@H]2OC(=O)C[C@@]23C(=O)O[C@@H]2OC(=O)[C@H](OC(C)=O)C213. The molecule has 0 aromatic heterocycles. The third-order valence-electron chi connectivity index (χ3n) is 6.52. The average molecular weight is 350 g/mol. The molecule has 0 aromatic carbocycles. The number of carbonyl (C=O) groups is 4. The first-order valence-electron chi connectivity index (χ1n) is 8.05. The van der Waals surface area contributed by atoms with Gasteiger partial charge in [-0.1, -0.05) is 19.1 Å². The van der Waals surface area contributed by atoms with Crippen molar-refractivity contribution in [1.29, 1.82) is 0 Å². The van der Waals surface area contributed by atoms with Gasteiger partial charge in [0, 0.05) is 12.3 Å². The van der Waals surface area contributed by atoms with Crippen molar-refractivity contribution in [2.45, 2.75) is 52.1 Å². The second-order valence-corrected chi connectivity index (χ2v) is 7.48. The quantitative estimate of drug-likeness (QED) is 0.406. The average Bonchev–Trinajstić information content (AvgIpc) is 3.08. The van der Waals surface area contributed by atoms with Gasteiger partial charge in [-0.25, -0.2) is 4.79 Å². The second kappa shape index (κ2) is 4.42. The van der Waals surface area contributed by atoms with Gasteiger partial charge in [-0.05, 0) is 13.3 Å². The highest BCUT2D eigenvalue weighted by molar-refractivity contribution is 5.95. The molecule has 4 rings (SSSR count). The van der Waals surface area contributed by atoms with Gasteiger partial charge in [-0.3, -0.25) is 14.4 Å². The number of ether oxygens (including phenoxy) is 4. The molecule has 0 bridgehead atoms. The first-order chi connectivity index (χ1) is 11.6. The van der Waals surface area contributed by atoms with Crippen LogP contribution in [0.25, 0.3) is 0 Å². The van der Waals surface area contributed by atoms with E-state index in [1.54, 1.807) is 6.92 Å². The summed E-state index contributed by atoms with van der Waals surface area (Å²) in [6.45, 7) is 8.76. The van der Waals surface area contributed by atoms with Gasteiger partial charge in [0.25, 0.3) is 6.29 Å². The van der Waals surface area contributed by atoms with E-state index in [1.165, 1.54) is 6.92 Å². The lowest BCUT2D eigenvalue weighted by molar-refractivity contribution is -0.176. The first kappa shape index (κ1) is 16.1. The molecule has 3 saturated heterocycles. The Morgan fingerprint density at radius 1 is 1.20 bits per heavy atom. The van der Waals surface area contributed by atoms with Crippen LogP contribution < -0.4 is 0 Å². The van der Waals surface area contributed by atoms with Crippen LogP contribution in [0, 0.1) is 16.2 Å². The Kier molecular flexibility index (Phi) is 2.85. The van der Waals surface area contributed by atoms with Gasteiger partial charge in [0.1, 0.15) is 16.9 Å². The van der Waals surface area contributed by atoms with Crippen molar-refractivity contribution in [2.75, 3.05) is 0 Å². The minimum absolute atomic E-state index is 0.246. The lowest BCUT2D eigenvalue weighted by Gasteiger charge is -2.45. The van der Waals surface area contributed by atoms with Crippen molar-refractivity contribution in [3.05, 3.63) is 12.2 Å². The summed E-state index contributed by atoms with van der Waals surface area (Å²) in [5, 5.41) is 0. The number of hydrogen-bond donors (Lipinski definition) is 0. The largest absolute Gasteiger partial charge is 0.461 e. The van der Waals surface area contributed by atoms with E-state index in [0.717, 1.165) is 0 Å². The number of carbonyl (C=O) groups excluding carboxylic acids is 4. The van der Waals surface area contributed by atoms with Crippen molar-refractivity contribution in [3.63, 3.8) is 0 Å². The molecule has 0 N–H and O–H groups in total. The maximum atomic E-state index is 12.8. The number of rotatable bonds is 2. The summed E-state index contributed by atoms with van der Waals surface area (Å²) < 4.78 is 21.4. The fraction of sp³-hybridized carbons (Fsp3) is 0.647. The highest BCUT2D eigenvalue weighted by atomic mass is 16.7. The molecule has 4 aliphatic rings. The van der Waals surface area contributed by atoms with Crippen LogP contribution in [0.4, 0.5) is 0 Å². The molecule has 8 nitrogen and oxygen atoms in total. The van der Waals surface area contributed by atoms with E-state index in [1.807, 2.05) is 6.92 Å². The molecule has 6 atom stereocenters.